The maximum Gasteiger partial charge on any atom is 0.0819 e. The molecule has 0 radical (unpaired) electrons. The monoisotopic (exact) mass is 367 g/mol. The van der Waals surface area contributed by atoms with Crippen molar-refractivity contribution in [1.82, 2.24) is 4.31 Å². The van der Waals surface area contributed by atoms with Crippen molar-refractivity contribution in [2.75, 3.05) is 25.0 Å². The molecule has 24 heavy (non-hydrogen) atoms. The van der Waals surface area contributed by atoms with E-state index < -0.39 is 0 Å². The SMILES string of the molecule is C=CCNc1cccc(SF)c1C(=N)C1CC2(C1)CN(S)C2.CC. The van der Waals surface area contributed by atoms with Crippen LogP contribution in [0.1, 0.15) is 32.3 Å². The molecular weight excluding hydrogens is 341 g/mol. The van der Waals surface area contributed by atoms with Crippen molar-refractivity contribution in [3.63, 3.8) is 0 Å². The molecule has 2 fully saturated rings. The van der Waals surface area contributed by atoms with Gasteiger partial charge in [0.05, 0.1) is 17.0 Å². The number of nitrogens with one attached hydrogen (secondary N) is 2. The molecule has 3 rings (SSSR count). The van der Waals surface area contributed by atoms with Crippen LogP contribution in [0.25, 0.3) is 0 Å². The predicted molar refractivity (Wildman–Crippen MR) is 106 cm³/mol. The lowest BCUT2D eigenvalue weighted by molar-refractivity contribution is -0.0233. The zero-order chi connectivity index (χ0) is 17.7. The van der Waals surface area contributed by atoms with E-state index in [1.54, 1.807) is 12.1 Å². The Labute approximate surface area is 154 Å². The molecule has 1 saturated heterocycles. The molecule has 0 aromatic heterocycles. The average molecular weight is 368 g/mol. The fraction of sp³-hybridized carbons (Fsp3) is 0.500. The van der Waals surface area contributed by atoms with Crippen LogP contribution in [0, 0.1) is 16.7 Å². The third-order valence-corrected chi connectivity index (χ3v) is 5.41. The highest BCUT2D eigenvalue weighted by atomic mass is 32.2. The van der Waals surface area contributed by atoms with Crippen LogP contribution in [-0.4, -0.2) is 29.7 Å². The number of anilines is 1. The van der Waals surface area contributed by atoms with Gasteiger partial charge in [-0.2, -0.15) is 3.89 Å². The van der Waals surface area contributed by atoms with E-state index in [-0.39, 0.29) is 18.1 Å². The van der Waals surface area contributed by atoms with Crippen molar-refractivity contribution < 1.29 is 3.89 Å². The Morgan fingerprint density at radius 2 is 2.17 bits per heavy atom. The quantitative estimate of drug-likeness (QED) is 0.367. The van der Waals surface area contributed by atoms with E-state index in [1.165, 1.54) is 0 Å². The highest BCUT2D eigenvalue weighted by Gasteiger charge is 2.53. The first-order valence-electron chi connectivity index (χ1n) is 8.37. The van der Waals surface area contributed by atoms with E-state index in [4.69, 9.17) is 5.41 Å². The molecule has 1 spiro atoms. The molecule has 2 N–H and O–H groups in total. The van der Waals surface area contributed by atoms with Crippen LogP contribution in [0.3, 0.4) is 0 Å². The van der Waals surface area contributed by atoms with Gasteiger partial charge in [0.25, 0.3) is 0 Å². The second-order valence-electron chi connectivity index (χ2n) is 6.27. The molecule has 132 valence electrons. The van der Waals surface area contributed by atoms with Crippen LogP contribution in [0.5, 0.6) is 0 Å². The summed E-state index contributed by atoms with van der Waals surface area (Å²) in [5, 5.41) is 11.8. The van der Waals surface area contributed by atoms with Crippen molar-refractivity contribution in [1.29, 1.82) is 5.41 Å². The minimum atomic E-state index is 0.216. The van der Waals surface area contributed by atoms with Gasteiger partial charge in [-0.3, -0.25) is 4.31 Å². The van der Waals surface area contributed by atoms with E-state index in [0.717, 1.165) is 31.6 Å². The summed E-state index contributed by atoms with van der Waals surface area (Å²) in [6.07, 6.45) is 3.78. The van der Waals surface area contributed by atoms with Crippen LogP contribution < -0.4 is 5.32 Å². The van der Waals surface area contributed by atoms with E-state index in [2.05, 4.69) is 24.7 Å². The van der Waals surface area contributed by atoms with Crippen molar-refractivity contribution in [2.45, 2.75) is 31.6 Å². The Hall–Kier alpha value is -0.980. The first-order valence-corrected chi connectivity index (χ1v) is 9.49. The van der Waals surface area contributed by atoms with Gasteiger partial charge in [-0.15, -0.1) is 6.58 Å². The van der Waals surface area contributed by atoms with Crippen molar-refractivity contribution in [2.24, 2.45) is 11.3 Å². The second kappa shape index (κ2) is 8.41. The van der Waals surface area contributed by atoms with Gasteiger partial charge in [0.2, 0.25) is 0 Å². The van der Waals surface area contributed by atoms with Crippen molar-refractivity contribution in [3.05, 3.63) is 36.4 Å². The zero-order valence-electron chi connectivity index (χ0n) is 14.3. The molecule has 0 atom stereocenters. The summed E-state index contributed by atoms with van der Waals surface area (Å²) in [7, 11) is 0. The molecule has 0 unspecified atom stereocenters. The molecule has 2 aliphatic rings. The largest absolute Gasteiger partial charge is 0.381 e. The summed E-state index contributed by atoms with van der Waals surface area (Å²) in [6.45, 7) is 10.3. The molecule has 1 heterocycles. The molecule has 1 aromatic rings. The van der Waals surface area contributed by atoms with E-state index >= 15 is 0 Å². The average Bonchev–Trinajstić information content (AvgIpc) is 2.55. The number of nitrogens with zero attached hydrogens (tertiary/aromatic N) is 1. The Morgan fingerprint density at radius 1 is 1.50 bits per heavy atom. The standard InChI is InChI=1S/C16H20FN3S2.C2H6/c1-2-6-19-12-4-3-5-13(22-17)14(12)15(18)11-7-16(8-11)9-20(21)10-16;1-2/h2-5,11,18-19,21H,1,6-10H2;1-2H3. The van der Waals surface area contributed by atoms with E-state index in [0.29, 0.717) is 28.1 Å². The Morgan fingerprint density at radius 3 is 2.71 bits per heavy atom. The molecule has 1 aromatic carbocycles. The van der Waals surface area contributed by atoms with Crippen LogP contribution in [0.15, 0.2) is 35.7 Å². The Balaban J connectivity index is 0.00000100. The van der Waals surface area contributed by atoms with Gasteiger partial charge in [-0.1, -0.05) is 38.8 Å². The third-order valence-electron chi connectivity index (χ3n) is 4.62. The molecule has 1 saturated carbocycles. The number of rotatable bonds is 6. The summed E-state index contributed by atoms with van der Waals surface area (Å²) in [5.41, 5.74) is 2.43. The first kappa shape index (κ1) is 19.3. The maximum absolute atomic E-state index is 13.3. The van der Waals surface area contributed by atoms with Gasteiger partial charge in [0, 0.05) is 42.5 Å². The number of thiol groups is 1. The van der Waals surface area contributed by atoms with Crippen LogP contribution in [-0.2, 0) is 0 Å². The van der Waals surface area contributed by atoms with Gasteiger partial charge in [-0.25, -0.2) is 0 Å². The van der Waals surface area contributed by atoms with Gasteiger partial charge in [0.15, 0.2) is 0 Å². The van der Waals surface area contributed by atoms with Gasteiger partial charge >= 0.3 is 0 Å². The van der Waals surface area contributed by atoms with Crippen LogP contribution in [0.4, 0.5) is 9.57 Å². The molecule has 1 aliphatic carbocycles. The summed E-state index contributed by atoms with van der Waals surface area (Å²) in [6, 6.07) is 5.46. The summed E-state index contributed by atoms with van der Waals surface area (Å²) >= 11 is 4.55. The lowest BCUT2D eigenvalue weighted by atomic mass is 9.56. The minimum Gasteiger partial charge on any atom is -0.381 e. The predicted octanol–water partition coefficient (Wildman–Crippen LogP) is 5.21. The summed E-state index contributed by atoms with van der Waals surface area (Å²) in [4.78, 5) is 0.518. The van der Waals surface area contributed by atoms with Crippen molar-refractivity contribution >= 4 is 36.4 Å². The topological polar surface area (TPSA) is 39.1 Å². The number of halogens is 1. The minimum absolute atomic E-state index is 0.216. The second-order valence-corrected chi connectivity index (χ2v) is 7.43. The van der Waals surface area contributed by atoms with Crippen LogP contribution >= 0.6 is 25.0 Å². The number of hydrogen-bond donors (Lipinski definition) is 3. The van der Waals surface area contributed by atoms with E-state index in [9.17, 15) is 3.89 Å². The normalized spacial score (nSPS) is 18.8. The van der Waals surface area contributed by atoms with Gasteiger partial charge in [0.1, 0.15) is 0 Å². The molecule has 0 amide bonds. The zero-order valence-corrected chi connectivity index (χ0v) is 16.0. The highest BCUT2D eigenvalue weighted by molar-refractivity contribution is 7.94. The summed E-state index contributed by atoms with van der Waals surface area (Å²) in [5.74, 6) is 0.222. The third kappa shape index (κ3) is 3.81. The number of hydrogen-bond acceptors (Lipinski definition) is 5. The number of benzene rings is 1. The fourth-order valence-electron chi connectivity index (χ4n) is 3.58. The Bertz CT molecular complexity index is 592. The maximum atomic E-state index is 13.3. The highest BCUT2D eigenvalue weighted by Crippen LogP contribution is 2.53. The molecule has 0 bridgehead atoms. The molecule has 6 heteroatoms. The smallest absolute Gasteiger partial charge is 0.0819 e. The summed E-state index contributed by atoms with van der Waals surface area (Å²) < 4.78 is 15.3. The van der Waals surface area contributed by atoms with E-state index in [1.807, 2.05) is 30.3 Å². The van der Waals surface area contributed by atoms with Crippen LogP contribution in [0.2, 0.25) is 0 Å². The molecule has 3 nitrogen and oxygen atoms in total. The fourth-order valence-corrected chi connectivity index (χ4v) is 4.61. The lowest BCUT2D eigenvalue weighted by Crippen LogP contribution is -2.60. The molecule has 1 aliphatic heterocycles. The first-order chi connectivity index (χ1) is 11.6. The Kier molecular flexibility index (Phi) is 6.78. The van der Waals surface area contributed by atoms with Gasteiger partial charge in [-0.05, 0) is 30.4 Å². The molecular formula is C18H26FN3S2. The van der Waals surface area contributed by atoms with Crippen molar-refractivity contribution in [3.8, 4) is 0 Å². The lowest BCUT2D eigenvalue weighted by Gasteiger charge is -2.57. The van der Waals surface area contributed by atoms with Gasteiger partial charge < -0.3 is 10.7 Å².